The molecule has 3 rings (SSSR count). The van der Waals surface area contributed by atoms with Gasteiger partial charge in [0.25, 0.3) is 0 Å². The quantitative estimate of drug-likeness (QED) is 0.772. The van der Waals surface area contributed by atoms with Gasteiger partial charge in [0.1, 0.15) is 6.61 Å². The molecule has 0 radical (unpaired) electrons. The van der Waals surface area contributed by atoms with E-state index in [9.17, 15) is 9.59 Å². The molecule has 8 heteroatoms. The van der Waals surface area contributed by atoms with Crippen LogP contribution in [0.5, 0.6) is 0 Å². The van der Waals surface area contributed by atoms with Gasteiger partial charge in [-0.1, -0.05) is 30.3 Å². The maximum Gasteiger partial charge on any atom is 0.416 e. The maximum atomic E-state index is 12.7. The van der Waals surface area contributed by atoms with Crippen molar-refractivity contribution in [2.75, 3.05) is 17.2 Å². The van der Waals surface area contributed by atoms with Crippen LogP contribution in [-0.4, -0.2) is 39.7 Å². The lowest BCUT2D eigenvalue weighted by Gasteiger charge is -2.22. The van der Waals surface area contributed by atoms with E-state index in [0.717, 1.165) is 24.2 Å². The van der Waals surface area contributed by atoms with Crippen LogP contribution in [-0.2, 0) is 22.6 Å². The fourth-order valence-corrected chi connectivity index (χ4v) is 4.75. The van der Waals surface area contributed by atoms with E-state index in [1.807, 2.05) is 42.1 Å². The number of hydrogen-bond acceptors (Lipinski definition) is 6. The number of carbonyl (C=O) groups is 2. The van der Waals surface area contributed by atoms with Crippen molar-refractivity contribution in [2.24, 2.45) is 0 Å². The largest absolute Gasteiger partial charge is 0.481 e. The summed E-state index contributed by atoms with van der Waals surface area (Å²) in [4.78, 5) is 29.4. The topological polar surface area (TPSA) is 79.7 Å². The molecule has 1 amide bonds. The molecule has 1 atom stereocenters. The average molecular weight is 393 g/mol. The van der Waals surface area contributed by atoms with Gasteiger partial charge in [-0.15, -0.1) is 11.3 Å². The summed E-state index contributed by atoms with van der Waals surface area (Å²) in [6.45, 7) is 0.722. The van der Waals surface area contributed by atoms with Crippen molar-refractivity contribution in [3.63, 3.8) is 0 Å². The van der Waals surface area contributed by atoms with E-state index in [2.05, 4.69) is 4.98 Å². The summed E-state index contributed by atoms with van der Waals surface area (Å²) in [5, 5.41) is 11.4. The number of nitrogens with zero attached hydrogens (tertiary/aromatic N) is 2. The lowest BCUT2D eigenvalue weighted by Crippen LogP contribution is -2.36. The first kappa shape index (κ1) is 18.7. The Labute approximate surface area is 160 Å². The molecule has 2 aromatic rings. The van der Waals surface area contributed by atoms with Crippen LogP contribution in [0.25, 0.3) is 0 Å². The van der Waals surface area contributed by atoms with Crippen LogP contribution < -0.4 is 4.90 Å². The van der Waals surface area contributed by atoms with Crippen molar-refractivity contribution in [1.82, 2.24) is 4.98 Å². The second-order valence-electron chi connectivity index (χ2n) is 5.98. The summed E-state index contributed by atoms with van der Waals surface area (Å²) < 4.78 is 5.47. The van der Waals surface area contributed by atoms with E-state index in [-0.39, 0.29) is 13.0 Å². The van der Waals surface area contributed by atoms with Gasteiger partial charge in [0, 0.05) is 17.2 Å². The van der Waals surface area contributed by atoms with Crippen LogP contribution in [0.2, 0.25) is 0 Å². The Morgan fingerprint density at radius 1 is 1.31 bits per heavy atom. The lowest BCUT2D eigenvalue weighted by atomic mass is 10.2. The summed E-state index contributed by atoms with van der Waals surface area (Å²) in [7, 11) is 0. The normalized spacial score (nSPS) is 16.4. The molecule has 0 aliphatic carbocycles. The third-order valence-corrected chi connectivity index (χ3v) is 6.23. The van der Waals surface area contributed by atoms with E-state index < -0.39 is 12.1 Å². The van der Waals surface area contributed by atoms with Crippen LogP contribution in [0.1, 0.15) is 24.1 Å². The van der Waals surface area contributed by atoms with Crippen LogP contribution in [0.15, 0.2) is 35.7 Å². The van der Waals surface area contributed by atoms with Gasteiger partial charge in [0.05, 0.1) is 12.1 Å². The molecule has 1 N–H and O–H groups in total. The zero-order valence-corrected chi connectivity index (χ0v) is 15.8. The van der Waals surface area contributed by atoms with Crippen molar-refractivity contribution in [2.45, 2.75) is 31.1 Å². The second kappa shape index (κ2) is 9.05. The Kier molecular flexibility index (Phi) is 6.51. The van der Waals surface area contributed by atoms with Crippen molar-refractivity contribution < 1.29 is 19.4 Å². The van der Waals surface area contributed by atoms with Crippen LogP contribution in [0, 0.1) is 0 Å². The smallest absolute Gasteiger partial charge is 0.416 e. The SMILES string of the molecule is O=C(O)Cc1csc(N(CC2CCCS2)C(=O)OCc2ccccc2)n1. The van der Waals surface area contributed by atoms with Crippen molar-refractivity contribution >= 4 is 40.3 Å². The lowest BCUT2D eigenvalue weighted by molar-refractivity contribution is -0.136. The number of aromatic nitrogens is 1. The number of carbonyl (C=O) groups excluding carboxylic acids is 1. The third-order valence-electron chi connectivity index (χ3n) is 3.94. The number of carboxylic acid groups (broad SMARTS) is 1. The summed E-state index contributed by atoms with van der Waals surface area (Å²) in [5.41, 5.74) is 1.37. The van der Waals surface area contributed by atoms with Gasteiger partial charge in [0.2, 0.25) is 0 Å². The number of ether oxygens (including phenoxy) is 1. The first-order valence-electron chi connectivity index (χ1n) is 8.38. The molecular weight excluding hydrogens is 372 g/mol. The first-order valence-corrected chi connectivity index (χ1v) is 10.3. The first-order chi connectivity index (χ1) is 12.6. The van der Waals surface area contributed by atoms with Gasteiger partial charge >= 0.3 is 12.1 Å². The summed E-state index contributed by atoms with van der Waals surface area (Å²) >= 11 is 3.12. The molecule has 26 heavy (non-hydrogen) atoms. The fourth-order valence-electron chi connectivity index (χ4n) is 2.68. The fraction of sp³-hybridized carbons (Fsp3) is 0.389. The molecule has 0 saturated carbocycles. The van der Waals surface area contributed by atoms with E-state index in [4.69, 9.17) is 9.84 Å². The molecule has 2 heterocycles. The van der Waals surface area contributed by atoms with Crippen molar-refractivity contribution in [1.29, 1.82) is 0 Å². The molecule has 1 fully saturated rings. The number of amides is 1. The Morgan fingerprint density at radius 2 is 2.12 bits per heavy atom. The summed E-state index contributed by atoms with van der Waals surface area (Å²) in [5.74, 6) is 0.158. The molecule has 1 aromatic heterocycles. The monoisotopic (exact) mass is 392 g/mol. The molecule has 1 unspecified atom stereocenters. The highest BCUT2D eigenvalue weighted by Crippen LogP contribution is 2.30. The van der Waals surface area contributed by atoms with Gasteiger partial charge in [0.15, 0.2) is 5.13 Å². The maximum absolute atomic E-state index is 12.7. The Balaban J connectivity index is 1.70. The zero-order chi connectivity index (χ0) is 18.4. The standard InChI is InChI=1S/C18H20N2O4S2/c21-16(22)9-14-12-26-17(19-14)20(10-15-7-4-8-25-15)18(23)24-11-13-5-2-1-3-6-13/h1-3,5-6,12,15H,4,7-11H2,(H,21,22). The molecule has 0 bridgehead atoms. The Bertz CT molecular complexity index is 745. The third kappa shape index (κ3) is 5.22. The minimum absolute atomic E-state index is 0.151. The second-order valence-corrected chi connectivity index (χ2v) is 8.22. The number of aliphatic carboxylic acids is 1. The average Bonchev–Trinajstić information content (AvgIpc) is 3.30. The molecule has 138 valence electrons. The molecule has 6 nitrogen and oxygen atoms in total. The van der Waals surface area contributed by atoms with E-state index >= 15 is 0 Å². The van der Waals surface area contributed by atoms with Gasteiger partial charge in [-0.2, -0.15) is 11.8 Å². The predicted molar refractivity (Wildman–Crippen MR) is 103 cm³/mol. The van der Waals surface area contributed by atoms with Gasteiger partial charge in [-0.25, -0.2) is 9.78 Å². The van der Waals surface area contributed by atoms with Gasteiger partial charge in [-0.05, 0) is 24.2 Å². The number of rotatable bonds is 7. The number of hydrogen-bond donors (Lipinski definition) is 1. The summed E-state index contributed by atoms with van der Waals surface area (Å²) in [6, 6.07) is 9.51. The number of carboxylic acids is 1. The van der Waals surface area contributed by atoms with Crippen molar-refractivity contribution in [3.8, 4) is 0 Å². The van der Waals surface area contributed by atoms with Crippen LogP contribution in [0.4, 0.5) is 9.93 Å². The molecule has 1 aliphatic heterocycles. The molecule has 1 aromatic carbocycles. The molecule has 0 spiro atoms. The Hall–Kier alpha value is -2.06. The molecule has 1 saturated heterocycles. The van der Waals surface area contributed by atoms with Gasteiger partial charge in [-0.3, -0.25) is 9.69 Å². The van der Waals surface area contributed by atoms with E-state index in [1.165, 1.54) is 11.3 Å². The number of benzene rings is 1. The van der Waals surface area contributed by atoms with E-state index in [0.29, 0.717) is 22.6 Å². The highest BCUT2D eigenvalue weighted by atomic mass is 32.2. The minimum Gasteiger partial charge on any atom is -0.481 e. The Morgan fingerprint density at radius 3 is 2.81 bits per heavy atom. The van der Waals surface area contributed by atoms with Crippen molar-refractivity contribution in [3.05, 3.63) is 47.0 Å². The number of thiazole rings is 1. The summed E-state index contributed by atoms with van der Waals surface area (Å²) in [6.07, 6.45) is 1.60. The van der Waals surface area contributed by atoms with Crippen LogP contribution >= 0.6 is 23.1 Å². The number of thioether (sulfide) groups is 1. The van der Waals surface area contributed by atoms with Crippen LogP contribution in [0.3, 0.4) is 0 Å². The molecular formula is C18H20N2O4S2. The highest BCUT2D eigenvalue weighted by Gasteiger charge is 2.27. The minimum atomic E-state index is -0.939. The molecule has 1 aliphatic rings. The predicted octanol–water partition coefficient (Wildman–Crippen LogP) is 3.81. The highest BCUT2D eigenvalue weighted by molar-refractivity contribution is 8.00. The van der Waals surface area contributed by atoms with Gasteiger partial charge < -0.3 is 9.84 Å². The number of anilines is 1. The van der Waals surface area contributed by atoms with E-state index in [1.54, 1.807) is 10.3 Å². The zero-order valence-electron chi connectivity index (χ0n) is 14.2.